The summed E-state index contributed by atoms with van der Waals surface area (Å²) >= 11 is 3.53. The fourth-order valence-electron chi connectivity index (χ4n) is 1.44. The number of para-hydroxylation sites is 1. The molecule has 0 amide bonds. The molecule has 0 aliphatic rings. The molecule has 0 fully saturated rings. The number of hydrogen-bond acceptors (Lipinski definition) is 2. The number of halogens is 1. The van der Waals surface area contributed by atoms with Crippen LogP contribution in [0, 0.1) is 0 Å². The summed E-state index contributed by atoms with van der Waals surface area (Å²) in [6.45, 7) is 0.638. The van der Waals surface area contributed by atoms with Crippen LogP contribution < -0.4 is 5.73 Å². The van der Waals surface area contributed by atoms with Crippen molar-refractivity contribution in [2.45, 2.75) is 6.42 Å². The third kappa shape index (κ3) is 2.11. The monoisotopic (exact) mass is 265 g/mol. The minimum atomic E-state index is 0.638. The Balaban J connectivity index is 2.38. The summed E-state index contributed by atoms with van der Waals surface area (Å²) in [4.78, 5) is 0. The van der Waals surface area contributed by atoms with E-state index in [-0.39, 0.29) is 0 Å². The predicted molar refractivity (Wildman–Crippen MR) is 64.0 cm³/mol. The molecule has 0 saturated carbocycles. The molecule has 1 heterocycles. The molecule has 0 spiro atoms. The second-order valence-electron chi connectivity index (χ2n) is 3.25. The second kappa shape index (κ2) is 4.59. The lowest BCUT2D eigenvalue weighted by Gasteiger charge is -2.03. The first-order valence-electron chi connectivity index (χ1n) is 4.81. The van der Waals surface area contributed by atoms with Crippen molar-refractivity contribution in [3.8, 4) is 5.69 Å². The van der Waals surface area contributed by atoms with Crippen molar-refractivity contribution in [1.29, 1.82) is 0 Å². The highest BCUT2D eigenvalue weighted by Crippen LogP contribution is 2.20. The van der Waals surface area contributed by atoms with Crippen LogP contribution in [0.2, 0.25) is 0 Å². The first-order valence-corrected chi connectivity index (χ1v) is 5.60. The summed E-state index contributed by atoms with van der Waals surface area (Å²) in [6, 6.07) is 10.0. The maximum absolute atomic E-state index is 5.52. The lowest BCUT2D eigenvalue weighted by molar-refractivity contribution is 0.857. The second-order valence-corrected chi connectivity index (χ2v) is 4.00. The molecule has 0 saturated heterocycles. The zero-order valence-corrected chi connectivity index (χ0v) is 9.81. The Labute approximate surface area is 97.0 Å². The van der Waals surface area contributed by atoms with Gasteiger partial charge >= 0.3 is 0 Å². The molecular formula is C11H12BrN3. The SMILES string of the molecule is NCCc1cnn(-c2ccccc2)c1Br. The van der Waals surface area contributed by atoms with Crippen molar-refractivity contribution >= 4 is 15.9 Å². The molecular weight excluding hydrogens is 254 g/mol. The molecule has 78 valence electrons. The van der Waals surface area contributed by atoms with Crippen LogP contribution in [0.1, 0.15) is 5.56 Å². The summed E-state index contributed by atoms with van der Waals surface area (Å²) in [5, 5.41) is 4.32. The van der Waals surface area contributed by atoms with E-state index in [0.717, 1.165) is 22.3 Å². The van der Waals surface area contributed by atoms with E-state index in [1.165, 1.54) is 0 Å². The molecule has 3 nitrogen and oxygen atoms in total. The molecule has 15 heavy (non-hydrogen) atoms. The highest BCUT2D eigenvalue weighted by atomic mass is 79.9. The summed E-state index contributed by atoms with van der Waals surface area (Å²) in [5.41, 5.74) is 7.71. The number of rotatable bonds is 3. The fraction of sp³-hybridized carbons (Fsp3) is 0.182. The van der Waals surface area contributed by atoms with Crippen molar-refractivity contribution < 1.29 is 0 Å². The lowest BCUT2D eigenvalue weighted by atomic mass is 10.2. The van der Waals surface area contributed by atoms with E-state index >= 15 is 0 Å². The van der Waals surface area contributed by atoms with Gasteiger partial charge in [0.25, 0.3) is 0 Å². The Morgan fingerprint density at radius 1 is 1.27 bits per heavy atom. The van der Waals surface area contributed by atoms with E-state index < -0.39 is 0 Å². The minimum absolute atomic E-state index is 0.638. The molecule has 2 rings (SSSR count). The van der Waals surface area contributed by atoms with Crippen LogP contribution in [0.4, 0.5) is 0 Å². The normalized spacial score (nSPS) is 10.5. The molecule has 0 aliphatic carbocycles. The van der Waals surface area contributed by atoms with Crippen LogP contribution in [0.15, 0.2) is 41.1 Å². The average molecular weight is 266 g/mol. The number of nitrogens with two attached hydrogens (primary N) is 1. The zero-order chi connectivity index (χ0) is 10.7. The number of hydrogen-bond donors (Lipinski definition) is 1. The Morgan fingerprint density at radius 3 is 2.67 bits per heavy atom. The molecule has 1 aromatic carbocycles. The van der Waals surface area contributed by atoms with Gasteiger partial charge in [0.2, 0.25) is 0 Å². The smallest absolute Gasteiger partial charge is 0.113 e. The van der Waals surface area contributed by atoms with Gasteiger partial charge in [-0.2, -0.15) is 5.10 Å². The van der Waals surface area contributed by atoms with Gasteiger partial charge in [-0.05, 0) is 41.0 Å². The first-order chi connectivity index (χ1) is 7.33. The van der Waals surface area contributed by atoms with Crippen molar-refractivity contribution in [1.82, 2.24) is 9.78 Å². The van der Waals surface area contributed by atoms with Crippen LogP contribution in [-0.2, 0) is 6.42 Å². The summed E-state index contributed by atoms with van der Waals surface area (Å²) < 4.78 is 2.85. The molecule has 4 heteroatoms. The van der Waals surface area contributed by atoms with Gasteiger partial charge in [0, 0.05) is 5.56 Å². The van der Waals surface area contributed by atoms with E-state index in [4.69, 9.17) is 5.73 Å². The van der Waals surface area contributed by atoms with Gasteiger partial charge in [0.15, 0.2) is 0 Å². The van der Waals surface area contributed by atoms with Crippen LogP contribution in [0.5, 0.6) is 0 Å². The third-order valence-electron chi connectivity index (χ3n) is 2.19. The van der Waals surface area contributed by atoms with Gasteiger partial charge in [-0.15, -0.1) is 0 Å². The van der Waals surface area contributed by atoms with Gasteiger partial charge in [-0.1, -0.05) is 18.2 Å². The van der Waals surface area contributed by atoms with E-state index in [2.05, 4.69) is 21.0 Å². The summed E-state index contributed by atoms with van der Waals surface area (Å²) in [6.07, 6.45) is 2.69. The van der Waals surface area contributed by atoms with Gasteiger partial charge in [0.05, 0.1) is 11.9 Å². The van der Waals surface area contributed by atoms with E-state index in [1.807, 2.05) is 41.2 Å². The largest absolute Gasteiger partial charge is 0.330 e. The van der Waals surface area contributed by atoms with Crippen molar-refractivity contribution in [2.24, 2.45) is 5.73 Å². The molecule has 1 aromatic heterocycles. The highest BCUT2D eigenvalue weighted by molar-refractivity contribution is 9.10. The Bertz CT molecular complexity index is 436. The maximum Gasteiger partial charge on any atom is 0.113 e. The standard InChI is InChI=1S/C11H12BrN3/c12-11-9(6-7-13)8-14-15(11)10-4-2-1-3-5-10/h1-5,8H,6-7,13H2. The van der Waals surface area contributed by atoms with Crippen LogP contribution in [-0.4, -0.2) is 16.3 Å². The summed E-state index contributed by atoms with van der Waals surface area (Å²) in [5.74, 6) is 0. The predicted octanol–water partition coefficient (Wildman–Crippen LogP) is 2.14. The molecule has 2 N–H and O–H groups in total. The molecule has 0 aliphatic heterocycles. The van der Waals surface area contributed by atoms with E-state index in [1.54, 1.807) is 0 Å². The van der Waals surface area contributed by atoms with Crippen LogP contribution >= 0.6 is 15.9 Å². The van der Waals surface area contributed by atoms with Gasteiger partial charge in [-0.3, -0.25) is 0 Å². The molecule has 0 unspecified atom stereocenters. The fourth-order valence-corrected chi connectivity index (χ4v) is 2.04. The molecule has 2 aromatic rings. The topological polar surface area (TPSA) is 43.8 Å². The zero-order valence-electron chi connectivity index (χ0n) is 8.23. The summed E-state index contributed by atoms with van der Waals surface area (Å²) in [7, 11) is 0. The van der Waals surface area contributed by atoms with Crippen molar-refractivity contribution in [3.63, 3.8) is 0 Å². The van der Waals surface area contributed by atoms with E-state index in [0.29, 0.717) is 6.54 Å². The minimum Gasteiger partial charge on any atom is -0.330 e. The Morgan fingerprint density at radius 2 is 2.00 bits per heavy atom. The molecule has 0 atom stereocenters. The average Bonchev–Trinajstić information content (AvgIpc) is 2.63. The number of nitrogens with zero attached hydrogens (tertiary/aromatic N) is 2. The molecule has 0 bridgehead atoms. The van der Waals surface area contributed by atoms with Crippen molar-refractivity contribution in [2.75, 3.05) is 6.54 Å². The maximum atomic E-state index is 5.52. The van der Waals surface area contributed by atoms with Crippen LogP contribution in [0.25, 0.3) is 5.69 Å². The Hall–Kier alpha value is -1.13. The molecule has 0 radical (unpaired) electrons. The van der Waals surface area contributed by atoms with Gasteiger partial charge < -0.3 is 5.73 Å². The van der Waals surface area contributed by atoms with Crippen LogP contribution in [0.3, 0.4) is 0 Å². The number of benzene rings is 1. The van der Waals surface area contributed by atoms with Gasteiger partial charge in [0.1, 0.15) is 4.60 Å². The third-order valence-corrected chi connectivity index (χ3v) is 3.04. The quantitative estimate of drug-likeness (QED) is 0.924. The van der Waals surface area contributed by atoms with E-state index in [9.17, 15) is 0 Å². The Kier molecular flexibility index (Phi) is 3.18. The number of aromatic nitrogens is 2. The van der Waals surface area contributed by atoms with Gasteiger partial charge in [-0.25, -0.2) is 4.68 Å². The first kappa shape index (κ1) is 10.4. The highest BCUT2D eigenvalue weighted by Gasteiger charge is 2.07. The lowest BCUT2D eigenvalue weighted by Crippen LogP contribution is -2.03. The van der Waals surface area contributed by atoms with Crippen molar-refractivity contribution in [3.05, 3.63) is 46.7 Å².